The van der Waals surface area contributed by atoms with Crippen molar-refractivity contribution >= 4 is 23.7 Å². The lowest BCUT2D eigenvalue weighted by Crippen LogP contribution is -2.45. The molecule has 1 aromatic heterocycles. The van der Waals surface area contributed by atoms with E-state index in [0.29, 0.717) is 12.2 Å². The minimum absolute atomic E-state index is 0.163. The maximum absolute atomic E-state index is 12.1. The van der Waals surface area contributed by atoms with Gasteiger partial charge in [-0.15, -0.1) is 0 Å². The van der Waals surface area contributed by atoms with Crippen LogP contribution in [0.5, 0.6) is 0 Å². The minimum Gasteiger partial charge on any atom is -0.448 e. The van der Waals surface area contributed by atoms with Crippen LogP contribution in [-0.4, -0.2) is 39.3 Å². The molecule has 0 unspecified atom stereocenters. The summed E-state index contributed by atoms with van der Waals surface area (Å²) in [5.41, 5.74) is 1.09. The van der Waals surface area contributed by atoms with Crippen LogP contribution in [-0.2, 0) is 27.2 Å². The van der Waals surface area contributed by atoms with Crippen LogP contribution >= 0.6 is 11.6 Å². The monoisotopic (exact) mass is 393 g/mol. The first kappa shape index (κ1) is 20.8. The van der Waals surface area contributed by atoms with Crippen LogP contribution in [0, 0.1) is 0 Å². The predicted molar refractivity (Wildman–Crippen MR) is 101 cm³/mol. The predicted octanol–water partition coefficient (Wildman–Crippen LogP) is 3.11. The number of ether oxygens (including phenoxy) is 2. The SMILES string of the molecule is CC(C)(C)OC(=O)N[C@@H](Cc1cn(Cc2ccccc2)cn1)C(=O)OCCl. The molecular formula is C19H24ClN3O4. The molecule has 1 N–H and O–H groups in total. The number of carbonyl (C=O) groups excluding carboxylic acids is 2. The van der Waals surface area contributed by atoms with E-state index in [2.05, 4.69) is 10.3 Å². The van der Waals surface area contributed by atoms with Gasteiger partial charge in [0.25, 0.3) is 0 Å². The summed E-state index contributed by atoms with van der Waals surface area (Å²) in [6, 6.07) is 8.69. The summed E-state index contributed by atoms with van der Waals surface area (Å²) in [5, 5.41) is 2.52. The number of alkyl halides is 1. The first-order valence-electron chi connectivity index (χ1n) is 8.53. The van der Waals surface area contributed by atoms with Crippen molar-refractivity contribution in [3.05, 3.63) is 54.1 Å². The molecule has 0 radical (unpaired) electrons. The van der Waals surface area contributed by atoms with E-state index in [1.54, 1.807) is 27.1 Å². The number of amides is 1. The third kappa shape index (κ3) is 7.30. The molecule has 0 aliphatic heterocycles. The number of hydrogen-bond donors (Lipinski definition) is 1. The number of nitrogens with one attached hydrogen (secondary N) is 1. The van der Waals surface area contributed by atoms with Crippen molar-refractivity contribution in [1.29, 1.82) is 0 Å². The van der Waals surface area contributed by atoms with Gasteiger partial charge in [0, 0.05) is 19.2 Å². The number of nitrogens with zero attached hydrogens (tertiary/aromatic N) is 2. The van der Waals surface area contributed by atoms with E-state index in [1.165, 1.54) is 0 Å². The number of imidazole rings is 1. The van der Waals surface area contributed by atoms with E-state index in [0.717, 1.165) is 5.56 Å². The highest BCUT2D eigenvalue weighted by molar-refractivity contribution is 6.17. The summed E-state index contributed by atoms with van der Waals surface area (Å²) in [7, 11) is 0. The van der Waals surface area contributed by atoms with E-state index < -0.39 is 23.7 Å². The molecule has 0 bridgehead atoms. The van der Waals surface area contributed by atoms with Crippen LogP contribution < -0.4 is 5.32 Å². The quantitative estimate of drug-likeness (QED) is 0.577. The van der Waals surface area contributed by atoms with Crippen LogP contribution in [0.4, 0.5) is 4.79 Å². The lowest BCUT2D eigenvalue weighted by Gasteiger charge is -2.22. The van der Waals surface area contributed by atoms with E-state index >= 15 is 0 Å². The summed E-state index contributed by atoms with van der Waals surface area (Å²) in [6.45, 7) is 5.88. The molecule has 0 aliphatic carbocycles. The molecular weight excluding hydrogens is 370 g/mol. The van der Waals surface area contributed by atoms with Gasteiger partial charge in [-0.3, -0.25) is 0 Å². The highest BCUT2D eigenvalue weighted by atomic mass is 35.5. The van der Waals surface area contributed by atoms with Gasteiger partial charge in [-0.25, -0.2) is 14.6 Å². The van der Waals surface area contributed by atoms with Crippen LogP contribution in [0.2, 0.25) is 0 Å². The fraction of sp³-hybridized carbons (Fsp3) is 0.421. The fourth-order valence-corrected chi connectivity index (χ4v) is 2.51. The molecule has 7 nitrogen and oxygen atoms in total. The molecule has 0 saturated heterocycles. The summed E-state index contributed by atoms with van der Waals surface area (Å²) < 4.78 is 11.9. The molecule has 1 atom stereocenters. The Hall–Kier alpha value is -2.54. The Balaban J connectivity index is 2.04. The Morgan fingerprint density at radius 2 is 1.96 bits per heavy atom. The van der Waals surface area contributed by atoms with Crippen molar-refractivity contribution in [2.45, 2.75) is 45.4 Å². The molecule has 1 aromatic carbocycles. The summed E-state index contributed by atoms with van der Waals surface area (Å²) >= 11 is 5.47. The maximum Gasteiger partial charge on any atom is 0.408 e. The van der Waals surface area contributed by atoms with Gasteiger partial charge in [0.05, 0.1) is 12.0 Å². The van der Waals surface area contributed by atoms with Gasteiger partial charge in [0.15, 0.2) is 6.07 Å². The topological polar surface area (TPSA) is 82.5 Å². The molecule has 27 heavy (non-hydrogen) atoms. The van der Waals surface area contributed by atoms with Crippen LogP contribution in [0.25, 0.3) is 0 Å². The second kappa shape index (κ2) is 9.41. The Morgan fingerprint density at radius 1 is 1.26 bits per heavy atom. The van der Waals surface area contributed by atoms with Crippen LogP contribution in [0.3, 0.4) is 0 Å². The Labute approximate surface area is 163 Å². The number of benzene rings is 1. The molecule has 0 saturated carbocycles. The molecule has 0 fully saturated rings. The summed E-state index contributed by atoms with van der Waals surface area (Å²) in [6.07, 6.45) is 2.96. The lowest BCUT2D eigenvalue weighted by molar-refractivity contribution is -0.144. The Morgan fingerprint density at radius 3 is 2.59 bits per heavy atom. The molecule has 2 aromatic rings. The van der Waals surface area contributed by atoms with Crippen molar-refractivity contribution in [2.75, 3.05) is 6.07 Å². The molecule has 1 amide bonds. The molecule has 8 heteroatoms. The zero-order valence-electron chi connectivity index (χ0n) is 15.6. The summed E-state index contributed by atoms with van der Waals surface area (Å²) in [5.74, 6) is -0.645. The fourth-order valence-electron chi connectivity index (χ4n) is 2.40. The average Bonchev–Trinajstić information content (AvgIpc) is 3.00. The standard InChI is InChI=1S/C19H24ClN3O4/c1-19(2,3)27-18(25)22-16(17(24)26-12-20)9-15-11-23(13-21-15)10-14-7-5-4-6-8-14/h4-8,11,13,16H,9-10,12H2,1-3H3,(H,22,25)/t16-/m0/s1. The number of hydrogen-bond acceptors (Lipinski definition) is 5. The number of aromatic nitrogens is 2. The third-order valence-electron chi connectivity index (χ3n) is 3.48. The normalized spacial score (nSPS) is 12.3. The smallest absolute Gasteiger partial charge is 0.408 e. The van der Waals surface area contributed by atoms with Crippen molar-refractivity contribution in [3.8, 4) is 0 Å². The number of rotatable bonds is 7. The number of esters is 1. The summed E-state index contributed by atoms with van der Waals surface area (Å²) in [4.78, 5) is 28.5. The largest absolute Gasteiger partial charge is 0.448 e. The van der Waals surface area contributed by atoms with Crippen molar-refractivity contribution in [3.63, 3.8) is 0 Å². The van der Waals surface area contributed by atoms with Crippen molar-refractivity contribution in [1.82, 2.24) is 14.9 Å². The Bertz CT molecular complexity index is 756. The van der Waals surface area contributed by atoms with Gasteiger partial charge >= 0.3 is 12.1 Å². The first-order valence-corrected chi connectivity index (χ1v) is 9.07. The van der Waals surface area contributed by atoms with E-state index in [1.807, 2.05) is 41.1 Å². The van der Waals surface area contributed by atoms with Crippen molar-refractivity contribution in [2.24, 2.45) is 0 Å². The van der Waals surface area contributed by atoms with Gasteiger partial charge in [-0.1, -0.05) is 41.9 Å². The third-order valence-corrected chi connectivity index (χ3v) is 3.59. The van der Waals surface area contributed by atoms with Gasteiger partial charge in [-0.05, 0) is 26.3 Å². The second-order valence-electron chi connectivity index (χ2n) is 7.00. The lowest BCUT2D eigenvalue weighted by atomic mass is 10.1. The highest BCUT2D eigenvalue weighted by Gasteiger charge is 2.26. The molecule has 146 valence electrons. The number of carbonyl (C=O) groups is 2. The van der Waals surface area contributed by atoms with E-state index in [-0.39, 0.29) is 12.5 Å². The van der Waals surface area contributed by atoms with Gasteiger partial charge in [0.2, 0.25) is 0 Å². The van der Waals surface area contributed by atoms with E-state index in [4.69, 9.17) is 21.1 Å². The van der Waals surface area contributed by atoms with Gasteiger partial charge in [-0.2, -0.15) is 0 Å². The molecule has 0 aliphatic rings. The molecule has 1 heterocycles. The molecule has 2 rings (SSSR count). The average molecular weight is 394 g/mol. The second-order valence-corrected chi connectivity index (χ2v) is 7.22. The van der Waals surface area contributed by atoms with Gasteiger partial charge in [0.1, 0.15) is 11.6 Å². The van der Waals surface area contributed by atoms with Crippen molar-refractivity contribution < 1.29 is 19.1 Å². The number of halogens is 1. The minimum atomic E-state index is -0.946. The Kier molecular flexibility index (Phi) is 7.24. The molecule has 0 spiro atoms. The van der Waals surface area contributed by atoms with Crippen LogP contribution in [0.15, 0.2) is 42.9 Å². The first-order chi connectivity index (χ1) is 12.8. The highest BCUT2D eigenvalue weighted by Crippen LogP contribution is 2.10. The zero-order chi connectivity index (χ0) is 19.9. The number of alkyl carbamates (subject to hydrolysis) is 1. The zero-order valence-corrected chi connectivity index (χ0v) is 16.4. The maximum atomic E-state index is 12.1. The van der Waals surface area contributed by atoms with Crippen LogP contribution in [0.1, 0.15) is 32.0 Å². The van der Waals surface area contributed by atoms with E-state index in [9.17, 15) is 9.59 Å². The van der Waals surface area contributed by atoms with Gasteiger partial charge < -0.3 is 19.4 Å².